The number of likely N-dealkylation sites (N-methyl/N-ethyl adjacent to an activating group) is 1. The Labute approximate surface area is 162 Å². The molecule has 0 bridgehead atoms. The van der Waals surface area contributed by atoms with E-state index in [0.717, 1.165) is 39.0 Å². The van der Waals surface area contributed by atoms with Gasteiger partial charge in [-0.25, -0.2) is 0 Å². The normalized spacial score (nSPS) is 22.6. The highest BCUT2D eigenvalue weighted by atomic mass is 16.5. The van der Waals surface area contributed by atoms with Crippen LogP contribution in [-0.4, -0.2) is 62.0 Å². The number of hydrogen-bond acceptors (Lipinski definition) is 4. The molecular weight excluding hydrogens is 340 g/mol. The van der Waals surface area contributed by atoms with Gasteiger partial charge in [0.25, 0.3) is 0 Å². The van der Waals surface area contributed by atoms with Gasteiger partial charge < -0.3 is 14.5 Å². The van der Waals surface area contributed by atoms with Gasteiger partial charge in [-0.2, -0.15) is 0 Å². The van der Waals surface area contributed by atoms with Gasteiger partial charge in [-0.05, 0) is 49.6 Å². The molecule has 2 saturated heterocycles. The summed E-state index contributed by atoms with van der Waals surface area (Å²) in [6.45, 7) is 3.92. The van der Waals surface area contributed by atoms with Crippen LogP contribution in [0.4, 0.5) is 0 Å². The zero-order valence-corrected chi connectivity index (χ0v) is 16.7. The molecule has 0 unspecified atom stereocenters. The number of benzene rings is 1. The first-order valence-corrected chi connectivity index (χ1v) is 10.1. The summed E-state index contributed by atoms with van der Waals surface area (Å²) in [6, 6.07) is 10.8. The molecule has 3 rings (SSSR count). The molecule has 5 heteroatoms. The van der Waals surface area contributed by atoms with Gasteiger partial charge in [0.05, 0.1) is 7.11 Å². The number of carbonyl (C=O) groups is 2. The molecule has 1 atom stereocenters. The van der Waals surface area contributed by atoms with Gasteiger partial charge in [-0.15, -0.1) is 0 Å². The highest BCUT2D eigenvalue weighted by Gasteiger charge is 2.41. The average molecular weight is 373 g/mol. The van der Waals surface area contributed by atoms with E-state index in [1.165, 1.54) is 19.1 Å². The predicted molar refractivity (Wildman–Crippen MR) is 105 cm³/mol. The Hall–Kier alpha value is -1.88. The van der Waals surface area contributed by atoms with Crippen LogP contribution in [0.15, 0.2) is 30.3 Å². The van der Waals surface area contributed by atoms with Crippen LogP contribution in [0.2, 0.25) is 0 Å². The van der Waals surface area contributed by atoms with Crippen molar-refractivity contribution in [1.82, 2.24) is 9.80 Å². The second-order valence-electron chi connectivity index (χ2n) is 8.32. The first-order valence-electron chi connectivity index (χ1n) is 10.1. The van der Waals surface area contributed by atoms with Gasteiger partial charge in [0.2, 0.25) is 5.91 Å². The van der Waals surface area contributed by atoms with Crippen molar-refractivity contribution in [3.05, 3.63) is 35.9 Å². The van der Waals surface area contributed by atoms with Crippen molar-refractivity contribution in [2.75, 3.05) is 40.3 Å². The van der Waals surface area contributed by atoms with Gasteiger partial charge in [-0.1, -0.05) is 30.3 Å². The minimum atomic E-state index is -0.238. The lowest BCUT2D eigenvalue weighted by atomic mass is 9.68. The lowest BCUT2D eigenvalue weighted by Crippen LogP contribution is -2.51. The number of esters is 1. The first kappa shape index (κ1) is 19.9. The molecule has 0 radical (unpaired) electrons. The fraction of sp³-hybridized carbons (Fsp3) is 0.636. The quantitative estimate of drug-likeness (QED) is 0.746. The van der Waals surface area contributed by atoms with Crippen molar-refractivity contribution >= 4 is 11.9 Å². The third kappa shape index (κ3) is 5.10. The van der Waals surface area contributed by atoms with E-state index < -0.39 is 0 Å². The van der Waals surface area contributed by atoms with Crippen LogP contribution in [-0.2, 0) is 14.3 Å². The minimum Gasteiger partial charge on any atom is -0.469 e. The maximum absolute atomic E-state index is 12.5. The minimum absolute atomic E-state index is 0.178. The molecule has 27 heavy (non-hydrogen) atoms. The van der Waals surface area contributed by atoms with Crippen LogP contribution in [0.3, 0.4) is 0 Å². The van der Waals surface area contributed by atoms with Gasteiger partial charge in [0, 0.05) is 39.0 Å². The van der Waals surface area contributed by atoms with Crippen LogP contribution in [0.25, 0.3) is 0 Å². The highest BCUT2D eigenvalue weighted by Crippen LogP contribution is 2.44. The standard InChI is InChI=1S/C22H32N2O3/c1-23-16-19(18-7-4-3-5-8-18)15-22(17-23)11-13-24(14-12-22)20(25)9-6-10-21(26)27-2/h3-5,7-8,19H,6,9-17H2,1-2H3/t19-/m0/s1. The summed E-state index contributed by atoms with van der Waals surface area (Å²) in [5, 5.41) is 0. The zero-order valence-electron chi connectivity index (χ0n) is 16.7. The van der Waals surface area contributed by atoms with E-state index in [4.69, 9.17) is 0 Å². The molecule has 0 saturated carbocycles. The maximum atomic E-state index is 12.5. The number of ether oxygens (including phenoxy) is 1. The molecule has 148 valence electrons. The molecule has 1 spiro atoms. The molecule has 2 heterocycles. The zero-order chi connectivity index (χ0) is 19.3. The van der Waals surface area contributed by atoms with Crippen molar-refractivity contribution in [1.29, 1.82) is 0 Å². The second kappa shape index (κ2) is 8.87. The number of hydrogen-bond donors (Lipinski definition) is 0. The van der Waals surface area contributed by atoms with E-state index in [2.05, 4.69) is 47.0 Å². The predicted octanol–water partition coefficient (Wildman–Crippen LogP) is 3.06. The summed E-state index contributed by atoms with van der Waals surface area (Å²) >= 11 is 0. The third-order valence-electron chi connectivity index (χ3n) is 6.26. The SMILES string of the molecule is COC(=O)CCCC(=O)N1CCC2(CC1)C[C@H](c1ccccc1)CN(C)C2. The lowest BCUT2D eigenvalue weighted by Gasteiger charge is -2.49. The number of nitrogens with zero attached hydrogens (tertiary/aromatic N) is 2. The second-order valence-corrected chi connectivity index (χ2v) is 8.32. The number of carbonyl (C=O) groups excluding carboxylic acids is 2. The molecule has 1 aromatic carbocycles. The largest absolute Gasteiger partial charge is 0.469 e. The lowest BCUT2D eigenvalue weighted by molar-refractivity contribution is -0.141. The maximum Gasteiger partial charge on any atom is 0.305 e. The van der Waals surface area contributed by atoms with Gasteiger partial charge >= 0.3 is 5.97 Å². The van der Waals surface area contributed by atoms with Crippen LogP contribution in [0.1, 0.15) is 50.0 Å². The molecule has 0 aromatic heterocycles. The molecular formula is C22H32N2O3. The number of likely N-dealkylation sites (tertiary alicyclic amines) is 2. The molecule has 0 N–H and O–H groups in total. The summed E-state index contributed by atoms with van der Waals surface area (Å²) in [5.74, 6) is 0.516. The van der Waals surface area contributed by atoms with E-state index in [1.54, 1.807) is 0 Å². The van der Waals surface area contributed by atoms with Crippen molar-refractivity contribution in [3.8, 4) is 0 Å². The molecule has 1 aromatic rings. The van der Waals surface area contributed by atoms with E-state index in [0.29, 0.717) is 30.6 Å². The van der Waals surface area contributed by atoms with Crippen molar-refractivity contribution < 1.29 is 14.3 Å². The van der Waals surface area contributed by atoms with Crippen molar-refractivity contribution in [2.24, 2.45) is 5.41 Å². The third-order valence-corrected chi connectivity index (χ3v) is 6.26. The molecule has 1 amide bonds. The molecule has 2 aliphatic rings. The summed E-state index contributed by atoms with van der Waals surface area (Å²) in [4.78, 5) is 28.1. The Kier molecular flexibility index (Phi) is 6.53. The molecule has 2 fully saturated rings. The number of amides is 1. The van der Waals surface area contributed by atoms with Crippen LogP contribution in [0.5, 0.6) is 0 Å². The summed E-state index contributed by atoms with van der Waals surface area (Å²) in [5.41, 5.74) is 1.75. The van der Waals surface area contributed by atoms with Crippen LogP contribution >= 0.6 is 0 Å². The fourth-order valence-corrected chi connectivity index (χ4v) is 4.85. The Balaban J connectivity index is 1.53. The number of methoxy groups -OCH3 is 1. The van der Waals surface area contributed by atoms with E-state index in [9.17, 15) is 9.59 Å². The van der Waals surface area contributed by atoms with E-state index in [-0.39, 0.29) is 11.9 Å². The Morgan fingerprint density at radius 3 is 2.52 bits per heavy atom. The van der Waals surface area contributed by atoms with Crippen molar-refractivity contribution in [2.45, 2.75) is 44.4 Å². The number of piperidine rings is 2. The summed E-state index contributed by atoms with van der Waals surface area (Å²) in [7, 11) is 3.61. The summed E-state index contributed by atoms with van der Waals surface area (Å²) < 4.78 is 4.64. The number of rotatable bonds is 5. The Morgan fingerprint density at radius 1 is 1.15 bits per heavy atom. The monoisotopic (exact) mass is 372 g/mol. The fourth-order valence-electron chi connectivity index (χ4n) is 4.85. The summed E-state index contributed by atoms with van der Waals surface area (Å²) in [6.07, 6.45) is 4.70. The average Bonchev–Trinajstić information content (AvgIpc) is 2.68. The van der Waals surface area contributed by atoms with Crippen LogP contribution in [0, 0.1) is 5.41 Å². The Bertz CT molecular complexity index is 638. The smallest absolute Gasteiger partial charge is 0.305 e. The topological polar surface area (TPSA) is 49.9 Å². The van der Waals surface area contributed by atoms with Gasteiger partial charge in [-0.3, -0.25) is 9.59 Å². The highest BCUT2D eigenvalue weighted by molar-refractivity contribution is 5.77. The Morgan fingerprint density at radius 2 is 1.85 bits per heavy atom. The van der Waals surface area contributed by atoms with E-state index >= 15 is 0 Å². The van der Waals surface area contributed by atoms with Gasteiger partial charge in [0.15, 0.2) is 0 Å². The van der Waals surface area contributed by atoms with Crippen molar-refractivity contribution in [3.63, 3.8) is 0 Å². The van der Waals surface area contributed by atoms with Crippen LogP contribution < -0.4 is 0 Å². The van der Waals surface area contributed by atoms with Gasteiger partial charge in [0.1, 0.15) is 0 Å². The molecule has 0 aliphatic carbocycles. The first-order chi connectivity index (χ1) is 13.0. The molecule has 2 aliphatic heterocycles. The molecule has 5 nitrogen and oxygen atoms in total. The van der Waals surface area contributed by atoms with E-state index in [1.807, 2.05) is 4.90 Å².